The van der Waals surface area contributed by atoms with E-state index in [4.69, 9.17) is 4.74 Å². The molecule has 0 radical (unpaired) electrons. The van der Waals surface area contributed by atoms with Crippen molar-refractivity contribution in [2.75, 3.05) is 7.11 Å². The van der Waals surface area contributed by atoms with Gasteiger partial charge in [0.2, 0.25) is 0 Å². The topological polar surface area (TPSA) is 39.9 Å². The summed E-state index contributed by atoms with van der Waals surface area (Å²) in [6.07, 6.45) is 0.855. The van der Waals surface area contributed by atoms with Crippen LogP contribution < -0.4 is 0 Å². The van der Waals surface area contributed by atoms with Crippen molar-refractivity contribution in [1.82, 2.24) is 13.2 Å². The Morgan fingerprint density at radius 1 is 1.09 bits per heavy atom. The van der Waals surface area contributed by atoms with Crippen molar-refractivity contribution in [3.8, 4) is 22.5 Å². The highest BCUT2D eigenvalue weighted by Gasteiger charge is 2.27. The second-order valence-electron chi connectivity index (χ2n) is 5.32. The first-order valence-electron chi connectivity index (χ1n) is 7.12. The Morgan fingerprint density at radius 3 is 2.64 bits per heavy atom. The van der Waals surface area contributed by atoms with Gasteiger partial charge in [0.15, 0.2) is 0 Å². The van der Waals surface area contributed by atoms with E-state index in [-0.39, 0.29) is 6.10 Å². The summed E-state index contributed by atoms with van der Waals surface area (Å²) in [5, 5.41) is 8.66. The molecule has 0 N–H and O–H groups in total. The number of benzene rings is 2. The van der Waals surface area contributed by atoms with E-state index in [0.717, 1.165) is 28.9 Å². The van der Waals surface area contributed by atoms with E-state index in [1.54, 1.807) is 7.11 Å². The zero-order chi connectivity index (χ0) is 15.1. The van der Waals surface area contributed by atoms with Crippen LogP contribution in [0, 0.1) is 0 Å². The molecule has 1 unspecified atom stereocenters. The van der Waals surface area contributed by atoms with Gasteiger partial charge in [0.25, 0.3) is 0 Å². The number of fused-ring (bicyclic) bond motifs is 5. The number of methoxy groups -OCH3 is 1. The molecular formula is C17H14IN3O. The number of nitrogens with zero attached hydrogens (tertiary/aromatic N) is 3. The van der Waals surface area contributed by atoms with Gasteiger partial charge in [-0.25, -0.2) is 0 Å². The standard InChI is InChI=1S/C17H14IN3O/c1-22-15-10-11-6-2-3-7-12(11)16-17(21(18)20-19-16)14-9-5-4-8-13(14)15/h2-9,15H,10H2,1H3. The fourth-order valence-corrected chi connectivity index (χ4v) is 3.70. The summed E-state index contributed by atoms with van der Waals surface area (Å²) in [6, 6.07) is 16.7. The van der Waals surface area contributed by atoms with Gasteiger partial charge in [-0.15, -0.1) is 5.10 Å². The third kappa shape index (κ3) is 2.07. The van der Waals surface area contributed by atoms with Gasteiger partial charge >= 0.3 is 0 Å². The van der Waals surface area contributed by atoms with Crippen LogP contribution in [0.5, 0.6) is 0 Å². The van der Waals surface area contributed by atoms with Crippen molar-refractivity contribution in [2.45, 2.75) is 12.5 Å². The van der Waals surface area contributed by atoms with Crippen LogP contribution in [0.1, 0.15) is 17.2 Å². The van der Waals surface area contributed by atoms with Crippen molar-refractivity contribution in [3.05, 3.63) is 59.7 Å². The van der Waals surface area contributed by atoms with E-state index in [1.165, 1.54) is 11.1 Å². The maximum Gasteiger partial charge on any atom is 0.122 e. The predicted molar refractivity (Wildman–Crippen MR) is 93.8 cm³/mol. The zero-order valence-corrected chi connectivity index (χ0v) is 14.2. The van der Waals surface area contributed by atoms with E-state index in [1.807, 2.05) is 15.0 Å². The van der Waals surface area contributed by atoms with Crippen molar-refractivity contribution < 1.29 is 4.74 Å². The molecule has 1 atom stereocenters. The molecule has 1 aromatic heterocycles. The van der Waals surface area contributed by atoms with Gasteiger partial charge in [0.05, 0.1) is 29.0 Å². The van der Waals surface area contributed by atoms with Crippen molar-refractivity contribution >= 4 is 22.9 Å². The van der Waals surface area contributed by atoms with E-state index >= 15 is 0 Å². The summed E-state index contributed by atoms with van der Waals surface area (Å²) in [6.45, 7) is 0. The Labute approximate surface area is 142 Å². The van der Waals surface area contributed by atoms with Gasteiger partial charge in [-0.3, -0.25) is 0 Å². The lowest BCUT2D eigenvalue weighted by Gasteiger charge is -2.23. The first-order chi connectivity index (χ1) is 10.8. The van der Waals surface area contributed by atoms with Crippen LogP contribution in [0.25, 0.3) is 22.5 Å². The summed E-state index contributed by atoms with van der Waals surface area (Å²) in [5.74, 6) is 0. The van der Waals surface area contributed by atoms with Gasteiger partial charge in [-0.05, 0) is 11.1 Å². The van der Waals surface area contributed by atoms with Gasteiger partial charge < -0.3 is 4.74 Å². The second kappa shape index (κ2) is 5.48. The number of aromatic nitrogens is 3. The molecule has 22 heavy (non-hydrogen) atoms. The maximum atomic E-state index is 5.79. The highest BCUT2D eigenvalue weighted by molar-refractivity contribution is 14.1. The highest BCUT2D eigenvalue weighted by Crippen LogP contribution is 2.41. The molecule has 3 aromatic rings. The normalized spacial score (nSPS) is 16.2. The Bertz CT molecular complexity index is 843. The minimum atomic E-state index is 0.0248. The molecule has 0 amide bonds. The Kier molecular flexibility index (Phi) is 3.46. The Balaban J connectivity index is 2.09. The number of hydrogen-bond donors (Lipinski definition) is 0. The highest BCUT2D eigenvalue weighted by atomic mass is 127. The summed E-state index contributed by atoms with van der Waals surface area (Å²) in [7, 11) is 1.77. The Morgan fingerprint density at radius 2 is 1.82 bits per heavy atom. The first-order valence-corrected chi connectivity index (χ1v) is 8.08. The molecule has 1 heterocycles. The molecule has 0 bridgehead atoms. The number of rotatable bonds is 1. The van der Waals surface area contributed by atoms with Crippen molar-refractivity contribution in [3.63, 3.8) is 0 Å². The third-order valence-electron chi connectivity index (χ3n) is 4.16. The third-order valence-corrected chi connectivity index (χ3v) is 4.83. The molecule has 1 aliphatic carbocycles. The lowest BCUT2D eigenvalue weighted by molar-refractivity contribution is 0.104. The molecule has 0 saturated heterocycles. The number of hydrogen-bond acceptors (Lipinski definition) is 3. The quantitative estimate of drug-likeness (QED) is 0.576. The van der Waals surface area contributed by atoms with Gasteiger partial charge in [-0.2, -0.15) is 2.90 Å². The molecule has 0 fully saturated rings. The monoisotopic (exact) mass is 403 g/mol. The van der Waals surface area contributed by atoms with E-state index < -0.39 is 0 Å². The summed E-state index contributed by atoms with van der Waals surface area (Å²) in [5.41, 5.74) is 6.66. The maximum absolute atomic E-state index is 5.79. The van der Waals surface area contributed by atoms with E-state index in [0.29, 0.717) is 0 Å². The van der Waals surface area contributed by atoms with Crippen LogP contribution in [-0.4, -0.2) is 20.3 Å². The van der Waals surface area contributed by atoms with Crippen LogP contribution in [0.2, 0.25) is 0 Å². The number of ether oxygens (including phenoxy) is 1. The largest absolute Gasteiger partial charge is 0.376 e. The van der Waals surface area contributed by atoms with Crippen LogP contribution >= 0.6 is 22.9 Å². The Hall–Kier alpha value is -1.73. The number of halogens is 1. The molecule has 0 aliphatic heterocycles. The molecular weight excluding hydrogens is 389 g/mol. The molecule has 110 valence electrons. The molecule has 1 aliphatic rings. The fourth-order valence-electron chi connectivity index (χ4n) is 3.11. The lowest BCUT2D eigenvalue weighted by atomic mass is 9.88. The minimum Gasteiger partial charge on any atom is -0.376 e. The average molecular weight is 403 g/mol. The fraction of sp³-hybridized carbons (Fsp3) is 0.176. The summed E-state index contributed by atoms with van der Waals surface area (Å²) >= 11 is 2.19. The average Bonchev–Trinajstić information content (AvgIpc) is 2.92. The molecule has 0 saturated carbocycles. The molecule has 4 rings (SSSR count). The summed E-state index contributed by atoms with van der Waals surface area (Å²) < 4.78 is 7.61. The summed E-state index contributed by atoms with van der Waals surface area (Å²) in [4.78, 5) is 0. The van der Waals surface area contributed by atoms with E-state index in [2.05, 4.69) is 69.6 Å². The molecule has 0 spiro atoms. The van der Waals surface area contributed by atoms with Gasteiger partial charge in [0, 0.05) is 24.7 Å². The van der Waals surface area contributed by atoms with Crippen LogP contribution in [0.4, 0.5) is 0 Å². The van der Waals surface area contributed by atoms with Crippen molar-refractivity contribution in [2.24, 2.45) is 0 Å². The predicted octanol–water partition coefficient (Wildman–Crippen LogP) is 4.05. The first kappa shape index (κ1) is 13.9. The van der Waals surface area contributed by atoms with E-state index in [9.17, 15) is 0 Å². The van der Waals surface area contributed by atoms with Gasteiger partial charge in [0.1, 0.15) is 11.4 Å². The van der Waals surface area contributed by atoms with Crippen LogP contribution in [-0.2, 0) is 11.2 Å². The molecule has 2 aromatic carbocycles. The smallest absolute Gasteiger partial charge is 0.122 e. The van der Waals surface area contributed by atoms with Crippen molar-refractivity contribution in [1.29, 1.82) is 0 Å². The molecule has 5 heteroatoms. The second-order valence-corrected chi connectivity index (χ2v) is 6.23. The SMILES string of the molecule is COC1Cc2ccccc2-c2nnn(I)c2-c2ccccc21. The minimum absolute atomic E-state index is 0.0248. The van der Waals surface area contributed by atoms with Gasteiger partial charge in [-0.1, -0.05) is 53.7 Å². The molecule has 4 nitrogen and oxygen atoms in total. The lowest BCUT2D eigenvalue weighted by Crippen LogP contribution is -2.10. The zero-order valence-electron chi connectivity index (χ0n) is 12.0. The van der Waals surface area contributed by atoms with Crippen LogP contribution in [0.15, 0.2) is 48.5 Å². The van der Waals surface area contributed by atoms with Crippen LogP contribution in [0.3, 0.4) is 0 Å².